The third kappa shape index (κ3) is 4.31. The number of aromatic nitrogens is 4. The van der Waals surface area contributed by atoms with Crippen molar-refractivity contribution >= 4 is 17.6 Å². The molecule has 0 radical (unpaired) electrons. The fourth-order valence-corrected chi connectivity index (χ4v) is 3.18. The molecule has 0 amide bonds. The first-order valence-corrected chi connectivity index (χ1v) is 9.17. The molecule has 0 aromatic carbocycles. The monoisotopic (exact) mass is 361 g/mol. The molecule has 0 unspecified atom stereocenters. The molecule has 0 spiro atoms. The summed E-state index contributed by atoms with van der Waals surface area (Å²) in [6.45, 7) is 6.37. The SMILES string of the molecule is Cc1cc(N2CCN(c3ccccn3)CC2)nc(NCc2ccncc2)n1. The maximum Gasteiger partial charge on any atom is 0.225 e. The Hall–Kier alpha value is -3.22. The Morgan fingerprint density at radius 1 is 0.889 bits per heavy atom. The summed E-state index contributed by atoms with van der Waals surface area (Å²) in [6, 6.07) is 12.1. The third-order valence-electron chi connectivity index (χ3n) is 4.62. The van der Waals surface area contributed by atoms with Gasteiger partial charge in [-0.2, -0.15) is 4.98 Å². The highest BCUT2D eigenvalue weighted by Gasteiger charge is 2.19. The van der Waals surface area contributed by atoms with Crippen molar-refractivity contribution in [2.75, 3.05) is 41.3 Å². The number of aryl methyl sites for hydroxylation is 1. The topological polar surface area (TPSA) is 70.1 Å². The van der Waals surface area contributed by atoms with Crippen LogP contribution < -0.4 is 15.1 Å². The second kappa shape index (κ2) is 7.99. The van der Waals surface area contributed by atoms with Crippen molar-refractivity contribution in [3.63, 3.8) is 0 Å². The molecule has 3 aromatic heterocycles. The molecule has 4 heterocycles. The molecule has 1 aliphatic heterocycles. The Morgan fingerprint density at radius 2 is 1.63 bits per heavy atom. The van der Waals surface area contributed by atoms with Crippen molar-refractivity contribution in [2.24, 2.45) is 0 Å². The number of hydrogen-bond acceptors (Lipinski definition) is 7. The number of rotatable bonds is 5. The maximum atomic E-state index is 4.72. The summed E-state index contributed by atoms with van der Waals surface area (Å²) in [5.74, 6) is 2.67. The number of hydrogen-bond donors (Lipinski definition) is 1. The summed E-state index contributed by atoms with van der Waals surface area (Å²) >= 11 is 0. The summed E-state index contributed by atoms with van der Waals surface area (Å²) < 4.78 is 0. The van der Waals surface area contributed by atoms with Crippen LogP contribution in [-0.2, 0) is 6.54 Å². The van der Waals surface area contributed by atoms with Crippen LogP contribution in [0.2, 0.25) is 0 Å². The number of pyridine rings is 2. The fraction of sp³-hybridized carbons (Fsp3) is 0.300. The zero-order chi connectivity index (χ0) is 18.5. The van der Waals surface area contributed by atoms with Crippen LogP contribution in [-0.4, -0.2) is 46.1 Å². The molecule has 27 heavy (non-hydrogen) atoms. The molecule has 1 N–H and O–H groups in total. The number of nitrogens with one attached hydrogen (secondary N) is 1. The van der Waals surface area contributed by atoms with Crippen molar-refractivity contribution in [3.05, 3.63) is 66.2 Å². The predicted molar refractivity (Wildman–Crippen MR) is 107 cm³/mol. The molecule has 4 rings (SSSR count). The highest BCUT2D eigenvalue weighted by atomic mass is 15.3. The third-order valence-corrected chi connectivity index (χ3v) is 4.62. The molecule has 1 fully saturated rings. The molecule has 0 saturated carbocycles. The van der Waals surface area contributed by atoms with Crippen LogP contribution >= 0.6 is 0 Å². The van der Waals surface area contributed by atoms with Crippen LogP contribution in [0.5, 0.6) is 0 Å². The molecule has 7 heteroatoms. The number of nitrogens with zero attached hydrogens (tertiary/aromatic N) is 6. The van der Waals surface area contributed by atoms with Crippen LogP contribution in [0.15, 0.2) is 55.0 Å². The Bertz CT molecular complexity index is 862. The smallest absolute Gasteiger partial charge is 0.225 e. The molecule has 0 atom stereocenters. The van der Waals surface area contributed by atoms with E-state index < -0.39 is 0 Å². The summed E-state index contributed by atoms with van der Waals surface area (Å²) in [5, 5.41) is 3.32. The maximum absolute atomic E-state index is 4.72. The summed E-state index contributed by atoms with van der Waals surface area (Å²) in [6.07, 6.45) is 5.43. The number of piperazine rings is 1. The Balaban J connectivity index is 1.41. The van der Waals surface area contributed by atoms with Gasteiger partial charge in [0.15, 0.2) is 0 Å². The largest absolute Gasteiger partial charge is 0.353 e. The van der Waals surface area contributed by atoms with Gasteiger partial charge in [0.1, 0.15) is 11.6 Å². The summed E-state index contributed by atoms with van der Waals surface area (Å²) in [4.78, 5) is 22.4. The first kappa shape index (κ1) is 17.2. The minimum absolute atomic E-state index is 0.661. The highest BCUT2D eigenvalue weighted by molar-refractivity contribution is 5.48. The second-order valence-corrected chi connectivity index (χ2v) is 6.56. The lowest BCUT2D eigenvalue weighted by molar-refractivity contribution is 0.641. The van der Waals surface area contributed by atoms with E-state index in [1.54, 1.807) is 12.4 Å². The van der Waals surface area contributed by atoms with Gasteiger partial charge < -0.3 is 15.1 Å². The Kier molecular flexibility index (Phi) is 5.09. The zero-order valence-electron chi connectivity index (χ0n) is 15.4. The molecule has 0 aliphatic carbocycles. The second-order valence-electron chi connectivity index (χ2n) is 6.56. The first-order chi connectivity index (χ1) is 13.3. The van der Waals surface area contributed by atoms with Gasteiger partial charge in [-0.15, -0.1) is 0 Å². The van der Waals surface area contributed by atoms with E-state index in [4.69, 9.17) is 4.98 Å². The molecule has 0 bridgehead atoms. The first-order valence-electron chi connectivity index (χ1n) is 9.17. The van der Waals surface area contributed by atoms with Gasteiger partial charge in [-0.05, 0) is 36.8 Å². The van der Waals surface area contributed by atoms with Crippen LogP contribution in [0, 0.1) is 6.92 Å². The average molecular weight is 361 g/mol. The van der Waals surface area contributed by atoms with Crippen LogP contribution in [0.1, 0.15) is 11.3 Å². The van der Waals surface area contributed by atoms with Crippen LogP contribution in [0.4, 0.5) is 17.6 Å². The van der Waals surface area contributed by atoms with Crippen molar-refractivity contribution in [1.82, 2.24) is 19.9 Å². The van der Waals surface area contributed by atoms with Gasteiger partial charge in [0.2, 0.25) is 5.95 Å². The minimum atomic E-state index is 0.661. The zero-order valence-corrected chi connectivity index (χ0v) is 15.4. The van der Waals surface area contributed by atoms with Gasteiger partial charge in [0, 0.05) is 63.1 Å². The molecular formula is C20H23N7. The van der Waals surface area contributed by atoms with Crippen molar-refractivity contribution in [1.29, 1.82) is 0 Å². The van der Waals surface area contributed by atoms with E-state index in [0.29, 0.717) is 12.5 Å². The van der Waals surface area contributed by atoms with Gasteiger partial charge in [-0.25, -0.2) is 9.97 Å². The normalized spacial score (nSPS) is 14.3. The van der Waals surface area contributed by atoms with Crippen LogP contribution in [0.25, 0.3) is 0 Å². The van der Waals surface area contributed by atoms with Crippen molar-refractivity contribution < 1.29 is 0 Å². The van der Waals surface area contributed by atoms with E-state index in [9.17, 15) is 0 Å². The van der Waals surface area contributed by atoms with E-state index in [0.717, 1.165) is 49.1 Å². The number of anilines is 3. The minimum Gasteiger partial charge on any atom is -0.353 e. The van der Waals surface area contributed by atoms with Gasteiger partial charge in [-0.3, -0.25) is 4.98 Å². The van der Waals surface area contributed by atoms with E-state index in [1.165, 1.54) is 0 Å². The van der Waals surface area contributed by atoms with E-state index >= 15 is 0 Å². The summed E-state index contributed by atoms with van der Waals surface area (Å²) in [7, 11) is 0. The highest BCUT2D eigenvalue weighted by Crippen LogP contribution is 2.19. The Labute approximate surface area is 159 Å². The molecule has 1 saturated heterocycles. The lowest BCUT2D eigenvalue weighted by atomic mass is 10.3. The summed E-state index contributed by atoms with van der Waals surface area (Å²) in [5.41, 5.74) is 2.12. The predicted octanol–water partition coefficient (Wildman–Crippen LogP) is 2.51. The quantitative estimate of drug-likeness (QED) is 0.749. The molecular weight excluding hydrogens is 338 g/mol. The lowest BCUT2D eigenvalue weighted by Crippen LogP contribution is -2.47. The van der Waals surface area contributed by atoms with Gasteiger partial charge in [-0.1, -0.05) is 6.07 Å². The van der Waals surface area contributed by atoms with Gasteiger partial charge >= 0.3 is 0 Å². The molecule has 3 aromatic rings. The van der Waals surface area contributed by atoms with E-state index in [-0.39, 0.29) is 0 Å². The van der Waals surface area contributed by atoms with Gasteiger partial charge in [0.25, 0.3) is 0 Å². The van der Waals surface area contributed by atoms with Crippen molar-refractivity contribution in [2.45, 2.75) is 13.5 Å². The lowest BCUT2D eigenvalue weighted by Gasteiger charge is -2.36. The van der Waals surface area contributed by atoms with Gasteiger partial charge in [0.05, 0.1) is 0 Å². The fourth-order valence-electron chi connectivity index (χ4n) is 3.18. The van der Waals surface area contributed by atoms with Crippen molar-refractivity contribution in [3.8, 4) is 0 Å². The average Bonchev–Trinajstić information content (AvgIpc) is 2.73. The molecule has 1 aliphatic rings. The Morgan fingerprint density at radius 3 is 2.33 bits per heavy atom. The standard InChI is InChI=1S/C20H23N7/c1-16-14-19(25-20(24-16)23-15-17-5-8-21-9-6-17)27-12-10-26(11-13-27)18-4-2-3-7-22-18/h2-9,14H,10-13,15H2,1H3,(H,23,24,25). The van der Waals surface area contributed by atoms with E-state index in [2.05, 4.69) is 36.1 Å². The van der Waals surface area contributed by atoms with Crippen LogP contribution in [0.3, 0.4) is 0 Å². The van der Waals surface area contributed by atoms with E-state index in [1.807, 2.05) is 43.5 Å². The molecule has 7 nitrogen and oxygen atoms in total. The molecule has 138 valence electrons.